The Balaban J connectivity index is 2.29. The second-order valence-corrected chi connectivity index (χ2v) is 5.24. The quantitative estimate of drug-likeness (QED) is 0.856. The minimum Gasteiger partial charge on any atom is -0.316 e. The normalized spacial score (nSPS) is 19.6. The van der Waals surface area contributed by atoms with Crippen LogP contribution in [0.15, 0.2) is 29.1 Å². The second kappa shape index (κ2) is 4.41. The van der Waals surface area contributed by atoms with Gasteiger partial charge in [-0.15, -0.1) is 0 Å². The highest BCUT2D eigenvalue weighted by Crippen LogP contribution is 2.26. The third-order valence-electron chi connectivity index (χ3n) is 3.72. The molecule has 1 aromatic heterocycles. The van der Waals surface area contributed by atoms with E-state index in [4.69, 9.17) is 11.6 Å². The van der Waals surface area contributed by atoms with Crippen LogP contribution in [0.5, 0.6) is 0 Å². The summed E-state index contributed by atoms with van der Waals surface area (Å²) in [5.74, 6) is 0.326. The summed E-state index contributed by atoms with van der Waals surface area (Å²) in [5.41, 5.74) is 1.79. The molecule has 1 unspecified atom stereocenters. The molecular weight excluding hydrogens is 248 g/mol. The molecule has 1 atom stereocenters. The van der Waals surface area contributed by atoms with Crippen molar-refractivity contribution in [2.75, 3.05) is 13.1 Å². The topological polar surface area (TPSA) is 34.0 Å². The zero-order valence-electron chi connectivity index (χ0n) is 10.2. The predicted molar refractivity (Wildman–Crippen MR) is 74.4 cm³/mol. The number of aromatic nitrogens is 1. The minimum absolute atomic E-state index is 0.0734. The first-order valence-corrected chi connectivity index (χ1v) is 6.55. The molecule has 0 saturated carbocycles. The van der Waals surface area contributed by atoms with Gasteiger partial charge in [-0.3, -0.25) is 4.79 Å². The number of hydrogen-bond donors (Lipinski definition) is 1. The van der Waals surface area contributed by atoms with Crippen molar-refractivity contribution >= 4 is 22.5 Å². The Morgan fingerprint density at radius 2 is 2.28 bits per heavy atom. The smallest absolute Gasteiger partial charge is 0.254 e. The molecule has 94 valence electrons. The van der Waals surface area contributed by atoms with Gasteiger partial charge in [0.25, 0.3) is 5.56 Å². The van der Waals surface area contributed by atoms with Gasteiger partial charge in [-0.2, -0.15) is 0 Å². The van der Waals surface area contributed by atoms with E-state index in [1.54, 1.807) is 11.6 Å². The van der Waals surface area contributed by atoms with Gasteiger partial charge in [-0.1, -0.05) is 23.7 Å². The zero-order chi connectivity index (χ0) is 12.7. The van der Waals surface area contributed by atoms with Crippen LogP contribution in [-0.4, -0.2) is 17.7 Å². The second-order valence-electron chi connectivity index (χ2n) is 4.83. The third kappa shape index (κ3) is 1.74. The molecule has 0 amide bonds. The van der Waals surface area contributed by atoms with Crippen LogP contribution in [0.3, 0.4) is 0 Å². The number of para-hydroxylation sites is 1. The molecule has 0 radical (unpaired) electrons. The van der Waals surface area contributed by atoms with E-state index in [0.29, 0.717) is 10.9 Å². The number of hydrogen-bond acceptors (Lipinski definition) is 2. The van der Waals surface area contributed by atoms with Crippen LogP contribution < -0.4 is 10.9 Å². The molecule has 0 bridgehead atoms. The maximum absolute atomic E-state index is 12.4. The third-order valence-corrected chi connectivity index (χ3v) is 4.02. The van der Waals surface area contributed by atoms with Crippen LogP contribution in [0.25, 0.3) is 10.9 Å². The van der Waals surface area contributed by atoms with E-state index in [-0.39, 0.29) is 5.56 Å². The molecule has 4 heteroatoms. The summed E-state index contributed by atoms with van der Waals surface area (Å²) >= 11 is 6.17. The van der Waals surface area contributed by atoms with E-state index in [2.05, 4.69) is 5.32 Å². The Morgan fingerprint density at radius 3 is 3.00 bits per heavy atom. The van der Waals surface area contributed by atoms with Crippen molar-refractivity contribution in [3.8, 4) is 0 Å². The molecule has 0 aliphatic carbocycles. The Kier molecular flexibility index (Phi) is 2.88. The number of nitrogens with one attached hydrogen (secondary N) is 1. The molecular formula is C14H15ClN2O. The van der Waals surface area contributed by atoms with E-state index < -0.39 is 0 Å². The summed E-state index contributed by atoms with van der Waals surface area (Å²) in [6.45, 7) is 1.88. The molecule has 3 rings (SSSR count). The van der Waals surface area contributed by atoms with Gasteiger partial charge in [0.15, 0.2) is 0 Å². The highest BCUT2D eigenvalue weighted by Gasteiger charge is 2.21. The highest BCUT2D eigenvalue weighted by atomic mass is 35.5. The molecule has 1 aromatic carbocycles. The van der Waals surface area contributed by atoms with Crippen LogP contribution in [0.1, 0.15) is 17.9 Å². The van der Waals surface area contributed by atoms with Gasteiger partial charge in [0, 0.05) is 30.5 Å². The lowest BCUT2D eigenvalue weighted by atomic mass is 9.98. The standard InChI is InChI=1S/C14H15ClN2O/c1-17-13-9(3-2-4-12(13)15)7-11(14(17)18)10-5-6-16-8-10/h2-4,7,10,16H,5-6,8H2,1H3. The van der Waals surface area contributed by atoms with E-state index in [9.17, 15) is 4.79 Å². The lowest BCUT2D eigenvalue weighted by Gasteiger charge is -2.13. The number of aryl methyl sites for hydroxylation is 1. The summed E-state index contributed by atoms with van der Waals surface area (Å²) in [7, 11) is 1.79. The molecule has 3 nitrogen and oxygen atoms in total. The van der Waals surface area contributed by atoms with Gasteiger partial charge >= 0.3 is 0 Å². The van der Waals surface area contributed by atoms with Gasteiger partial charge in [0.05, 0.1) is 10.5 Å². The van der Waals surface area contributed by atoms with E-state index in [0.717, 1.165) is 36.0 Å². The first kappa shape index (κ1) is 11.8. The summed E-state index contributed by atoms with van der Waals surface area (Å²) in [4.78, 5) is 12.4. The van der Waals surface area contributed by atoms with Gasteiger partial charge in [-0.05, 0) is 25.1 Å². The maximum Gasteiger partial charge on any atom is 0.254 e. The van der Waals surface area contributed by atoms with E-state index in [1.807, 2.05) is 24.3 Å². The van der Waals surface area contributed by atoms with Crippen LogP contribution in [0, 0.1) is 0 Å². The van der Waals surface area contributed by atoms with Gasteiger partial charge < -0.3 is 9.88 Å². The van der Waals surface area contributed by atoms with E-state index >= 15 is 0 Å². The number of rotatable bonds is 1. The molecule has 2 heterocycles. The van der Waals surface area contributed by atoms with Crippen LogP contribution in [0.4, 0.5) is 0 Å². The van der Waals surface area contributed by atoms with Crippen molar-refractivity contribution in [2.45, 2.75) is 12.3 Å². The number of nitrogens with zero attached hydrogens (tertiary/aromatic N) is 1. The molecule has 1 aliphatic rings. The van der Waals surface area contributed by atoms with Gasteiger partial charge in [0.1, 0.15) is 0 Å². The Hall–Kier alpha value is -1.32. The Labute approximate surface area is 110 Å². The van der Waals surface area contributed by atoms with Crippen LogP contribution >= 0.6 is 11.6 Å². The number of pyridine rings is 1. The first-order valence-electron chi connectivity index (χ1n) is 6.17. The van der Waals surface area contributed by atoms with Crippen molar-refractivity contribution in [1.82, 2.24) is 9.88 Å². The van der Waals surface area contributed by atoms with Crippen molar-refractivity contribution in [1.29, 1.82) is 0 Å². The summed E-state index contributed by atoms with van der Waals surface area (Å²) in [6.07, 6.45) is 1.03. The molecule has 1 saturated heterocycles. The first-order chi connectivity index (χ1) is 8.68. The van der Waals surface area contributed by atoms with Crippen molar-refractivity contribution in [2.24, 2.45) is 7.05 Å². The van der Waals surface area contributed by atoms with Crippen LogP contribution in [-0.2, 0) is 7.05 Å². The molecule has 1 aliphatic heterocycles. The van der Waals surface area contributed by atoms with Gasteiger partial charge in [0.2, 0.25) is 0 Å². The molecule has 0 spiro atoms. The average molecular weight is 263 g/mol. The fourth-order valence-corrected chi connectivity index (χ4v) is 3.05. The summed E-state index contributed by atoms with van der Waals surface area (Å²) in [5, 5.41) is 4.96. The fraction of sp³-hybridized carbons (Fsp3) is 0.357. The van der Waals surface area contributed by atoms with Gasteiger partial charge in [-0.25, -0.2) is 0 Å². The lowest BCUT2D eigenvalue weighted by Crippen LogP contribution is -2.24. The SMILES string of the molecule is Cn1c(=O)c(C2CCNC2)cc2cccc(Cl)c21. The van der Waals surface area contributed by atoms with E-state index in [1.165, 1.54) is 0 Å². The Morgan fingerprint density at radius 1 is 1.44 bits per heavy atom. The molecule has 1 fully saturated rings. The maximum atomic E-state index is 12.4. The summed E-state index contributed by atoms with van der Waals surface area (Å²) < 4.78 is 1.67. The lowest BCUT2D eigenvalue weighted by molar-refractivity contribution is 0.734. The largest absolute Gasteiger partial charge is 0.316 e. The molecule has 1 N–H and O–H groups in total. The highest BCUT2D eigenvalue weighted by molar-refractivity contribution is 6.35. The van der Waals surface area contributed by atoms with Crippen LogP contribution in [0.2, 0.25) is 5.02 Å². The number of halogens is 1. The average Bonchev–Trinajstić information content (AvgIpc) is 2.87. The monoisotopic (exact) mass is 262 g/mol. The van der Waals surface area contributed by atoms with Crippen molar-refractivity contribution in [3.63, 3.8) is 0 Å². The van der Waals surface area contributed by atoms with Crippen molar-refractivity contribution in [3.05, 3.63) is 45.2 Å². The molecule has 2 aromatic rings. The minimum atomic E-state index is 0.0734. The predicted octanol–water partition coefficient (Wildman–Crippen LogP) is 2.27. The number of fused-ring (bicyclic) bond motifs is 1. The fourth-order valence-electron chi connectivity index (χ4n) is 2.74. The Bertz CT molecular complexity index is 657. The zero-order valence-corrected chi connectivity index (χ0v) is 11.0. The molecule has 18 heavy (non-hydrogen) atoms. The van der Waals surface area contributed by atoms with Crippen molar-refractivity contribution < 1.29 is 0 Å². The summed E-state index contributed by atoms with van der Waals surface area (Å²) in [6, 6.07) is 7.75. The number of benzene rings is 1.